The lowest BCUT2D eigenvalue weighted by atomic mass is 10.0. The van der Waals surface area contributed by atoms with Crippen molar-refractivity contribution in [2.24, 2.45) is 7.05 Å². The number of thiophene rings is 1. The van der Waals surface area contributed by atoms with E-state index >= 15 is 0 Å². The number of piperidine rings is 1. The Balaban J connectivity index is 1.55. The number of sulfonamides is 1. The first-order chi connectivity index (χ1) is 17.7. The van der Waals surface area contributed by atoms with E-state index in [4.69, 9.17) is 0 Å². The zero-order chi connectivity index (χ0) is 27.9. The van der Waals surface area contributed by atoms with Gasteiger partial charge >= 0.3 is 6.18 Å². The number of nitrogens with one attached hydrogen (secondary N) is 1. The van der Waals surface area contributed by atoms with E-state index in [1.807, 2.05) is 6.07 Å². The zero-order valence-electron chi connectivity index (χ0n) is 20.8. The molecule has 10 nitrogen and oxygen atoms in total. The molecule has 2 N–H and O–H groups in total. The number of aliphatic hydroxyl groups is 1. The lowest BCUT2D eigenvalue weighted by Crippen LogP contribution is -2.42. The first kappa shape index (κ1) is 28.0. The molecule has 0 amide bonds. The minimum atomic E-state index is -4.73. The molecule has 0 unspecified atom stereocenters. The second kappa shape index (κ2) is 10.3. The van der Waals surface area contributed by atoms with Crippen molar-refractivity contribution in [2.45, 2.75) is 56.0 Å². The molecule has 0 saturated carbocycles. The molecular formula is C23H26F3N7O3S2. The van der Waals surface area contributed by atoms with Gasteiger partial charge in [-0.25, -0.2) is 23.4 Å². The zero-order valence-corrected chi connectivity index (χ0v) is 22.5. The summed E-state index contributed by atoms with van der Waals surface area (Å²) in [6.45, 7) is 3.49. The highest BCUT2D eigenvalue weighted by molar-refractivity contribution is 7.89. The van der Waals surface area contributed by atoms with Crippen LogP contribution in [0.15, 0.2) is 29.8 Å². The first-order valence-corrected chi connectivity index (χ1v) is 13.9. The van der Waals surface area contributed by atoms with E-state index < -0.39 is 27.4 Å². The van der Waals surface area contributed by atoms with E-state index in [9.17, 15) is 32.0 Å². The highest BCUT2D eigenvalue weighted by Crippen LogP contribution is 2.40. The van der Waals surface area contributed by atoms with Gasteiger partial charge in [-0.3, -0.25) is 0 Å². The van der Waals surface area contributed by atoms with E-state index in [0.717, 1.165) is 11.3 Å². The van der Waals surface area contributed by atoms with Gasteiger partial charge in [0.25, 0.3) is 10.0 Å². The number of nitriles is 1. The lowest BCUT2D eigenvalue weighted by molar-refractivity contribution is -0.137. The fourth-order valence-corrected chi connectivity index (χ4v) is 6.86. The Kier molecular flexibility index (Phi) is 7.54. The summed E-state index contributed by atoms with van der Waals surface area (Å²) in [5.74, 6) is -0.0324. The normalized spacial score (nSPS) is 15.9. The molecule has 1 fully saturated rings. The van der Waals surface area contributed by atoms with Crippen molar-refractivity contribution in [1.82, 2.24) is 23.8 Å². The molecule has 4 heterocycles. The Morgan fingerprint density at radius 2 is 1.95 bits per heavy atom. The summed E-state index contributed by atoms with van der Waals surface area (Å²) in [6.07, 6.45) is -0.330. The molecule has 204 valence electrons. The minimum Gasteiger partial charge on any atom is -0.390 e. The van der Waals surface area contributed by atoms with E-state index in [1.165, 1.54) is 22.9 Å². The van der Waals surface area contributed by atoms with Crippen molar-refractivity contribution in [1.29, 1.82) is 5.26 Å². The second-order valence-corrected chi connectivity index (χ2v) is 12.7. The first-order valence-electron chi connectivity index (χ1n) is 11.6. The number of rotatable bonds is 7. The molecule has 0 aliphatic carbocycles. The molecular weight excluding hydrogens is 543 g/mol. The third kappa shape index (κ3) is 6.15. The topological polar surface area (TPSA) is 137 Å². The SMILES string of the molecule is Cn1cnc(S(=O)(=O)N2CCC(Nc3ncc(C(F)(F)F)c(-c4cc(C#N)c(CC(C)(C)O)s4)n3)CC2)c1. The number of hydrogen-bond donors (Lipinski definition) is 2. The summed E-state index contributed by atoms with van der Waals surface area (Å²) in [4.78, 5) is 12.5. The average Bonchev–Trinajstić information content (AvgIpc) is 3.44. The van der Waals surface area contributed by atoms with Crippen LogP contribution in [-0.2, 0) is 29.7 Å². The van der Waals surface area contributed by atoms with Crippen LogP contribution in [0.3, 0.4) is 0 Å². The molecule has 0 radical (unpaired) electrons. The number of alkyl halides is 3. The quantitative estimate of drug-likeness (QED) is 0.442. The number of imidazole rings is 1. The van der Waals surface area contributed by atoms with Crippen molar-refractivity contribution in [2.75, 3.05) is 18.4 Å². The molecule has 0 aromatic carbocycles. The highest BCUT2D eigenvalue weighted by atomic mass is 32.2. The van der Waals surface area contributed by atoms with Gasteiger partial charge in [-0.2, -0.15) is 22.7 Å². The van der Waals surface area contributed by atoms with Crippen LogP contribution >= 0.6 is 11.3 Å². The van der Waals surface area contributed by atoms with Gasteiger partial charge in [0.15, 0.2) is 5.03 Å². The summed E-state index contributed by atoms with van der Waals surface area (Å²) < 4.78 is 69.9. The molecule has 1 aliphatic heterocycles. The summed E-state index contributed by atoms with van der Waals surface area (Å²) in [5.41, 5.74) is -2.39. The average molecular weight is 570 g/mol. The minimum absolute atomic E-state index is 0.0324. The van der Waals surface area contributed by atoms with E-state index in [0.29, 0.717) is 23.9 Å². The van der Waals surface area contributed by atoms with E-state index in [-0.39, 0.29) is 52.7 Å². The Bertz CT molecular complexity index is 1460. The standard InChI is InChI=1S/C23H26F3N7O3S2/c1-22(2,34)9-18-14(10-27)8-17(37-18)20-16(23(24,25)26)11-28-21(31-20)30-15-4-6-33(7-5-15)38(35,36)19-12-32(3)13-29-19/h8,11-13,15,34H,4-7,9H2,1-3H3,(H,28,30,31). The Morgan fingerprint density at radius 1 is 1.26 bits per heavy atom. The summed E-state index contributed by atoms with van der Waals surface area (Å²) >= 11 is 0.970. The largest absolute Gasteiger partial charge is 0.420 e. The Morgan fingerprint density at radius 3 is 2.50 bits per heavy atom. The van der Waals surface area contributed by atoms with Gasteiger partial charge in [0, 0.05) is 49.9 Å². The lowest BCUT2D eigenvalue weighted by Gasteiger charge is -2.31. The number of aryl methyl sites for hydroxylation is 1. The number of aromatic nitrogens is 4. The van der Waals surface area contributed by atoms with Crippen molar-refractivity contribution >= 4 is 27.3 Å². The number of anilines is 1. The van der Waals surface area contributed by atoms with Crippen LogP contribution in [0.25, 0.3) is 10.6 Å². The van der Waals surface area contributed by atoms with Crippen molar-refractivity contribution in [3.63, 3.8) is 0 Å². The molecule has 0 spiro atoms. The van der Waals surface area contributed by atoms with Crippen LogP contribution in [0.1, 0.15) is 42.7 Å². The number of nitrogens with zero attached hydrogens (tertiary/aromatic N) is 6. The molecule has 4 rings (SSSR count). The van der Waals surface area contributed by atoms with E-state index in [2.05, 4.69) is 20.3 Å². The van der Waals surface area contributed by atoms with Gasteiger partial charge in [0.2, 0.25) is 5.95 Å². The van der Waals surface area contributed by atoms with Crippen LogP contribution < -0.4 is 5.32 Å². The maximum Gasteiger partial charge on any atom is 0.420 e. The summed E-state index contributed by atoms with van der Waals surface area (Å²) in [5, 5.41) is 22.6. The monoisotopic (exact) mass is 569 g/mol. The molecule has 0 atom stereocenters. The molecule has 1 saturated heterocycles. The third-order valence-electron chi connectivity index (χ3n) is 5.92. The molecule has 0 bridgehead atoms. The molecule has 38 heavy (non-hydrogen) atoms. The van der Waals surface area contributed by atoms with Gasteiger partial charge in [0.05, 0.1) is 28.1 Å². The predicted molar refractivity (Wildman–Crippen MR) is 134 cm³/mol. The van der Waals surface area contributed by atoms with Gasteiger partial charge in [-0.05, 0) is 32.8 Å². The van der Waals surface area contributed by atoms with Crippen molar-refractivity contribution in [3.05, 3.63) is 40.8 Å². The van der Waals surface area contributed by atoms with Gasteiger partial charge in [-0.1, -0.05) is 0 Å². The van der Waals surface area contributed by atoms with E-state index in [1.54, 1.807) is 25.5 Å². The number of hydrogen-bond acceptors (Lipinski definition) is 9. The van der Waals surface area contributed by atoms with Crippen LogP contribution in [0.2, 0.25) is 0 Å². The maximum absolute atomic E-state index is 13.8. The van der Waals surface area contributed by atoms with Crippen LogP contribution in [0, 0.1) is 11.3 Å². The van der Waals surface area contributed by atoms with Gasteiger partial charge in [0.1, 0.15) is 11.6 Å². The summed E-state index contributed by atoms with van der Waals surface area (Å²) in [6, 6.07) is 3.05. The van der Waals surface area contributed by atoms with Crippen LogP contribution in [0.4, 0.5) is 19.1 Å². The fraction of sp³-hybridized carbons (Fsp3) is 0.478. The highest BCUT2D eigenvalue weighted by Gasteiger charge is 2.37. The smallest absolute Gasteiger partial charge is 0.390 e. The Hall–Kier alpha value is -3.06. The van der Waals surface area contributed by atoms with Gasteiger partial charge < -0.3 is 15.0 Å². The second-order valence-electron chi connectivity index (χ2n) is 9.70. The van der Waals surface area contributed by atoms with Crippen molar-refractivity contribution < 1.29 is 26.7 Å². The van der Waals surface area contributed by atoms with Crippen LogP contribution in [0.5, 0.6) is 0 Å². The Labute approximate surface area is 221 Å². The molecule has 1 aliphatic rings. The molecule has 15 heteroatoms. The van der Waals surface area contributed by atoms with Crippen LogP contribution in [-0.4, -0.2) is 62.1 Å². The van der Waals surface area contributed by atoms with Gasteiger partial charge in [-0.15, -0.1) is 11.3 Å². The van der Waals surface area contributed by atoms with Crippen molar-refractivity contribution in [3.8, 4) is 16.6 Å². The fourth-order valence-electron chi connectivity index (χ4n) is 4.09. The summed E-state index contributed by atoms with van der Waals surface area (Å²) in [7, 11) is -2.07. The molecule has 3 aromatic rings. The predicted octanol–water partition coefficient (Wildman–Crippen LogP) is 3.41. The molecule has 3 aromatic heterocycles. The maximum atomic E-state index is 13.8. The number of halogens is 3. The third-order valence-corrected chi connectivity index (χ3v) is 8.85.